The number of rotatable bonds is 9. The molecule has 21 heavy (non-hydrogen) atoms. The lowest BCUT2D eigenvalue weighted by Gasteiger charge is -2.14. The Labute approximate surface area is 128 Å². The van der Waals surface area contributed by atoms with Crippen molar-refractivity contribution in [1.82, 2.24) is 5.32 Å². The summed E-state index contributed by atoms with van der Waals surface area (Å²) >= 11 is 0. The molecular weight excluding hydrogens is 286 g/mol. The first kappa shape index (κ1) is 18.0. The maximum Gasteiger partial charge on any atom is 0.153 e. The van der Waals surface area contributed by atoms with Crippen LogP contribution >= 0.6 is 0 Å². The van der Waals surface area contributed by atoms with E-state index in [4.69, 9.17) is 4.74 Å². The van der Waals surface area contributed by atoms with Gasteiger partial charge in [0.25, 0.3) is 0 Å². The van der Waals surface area contributed by atoms with Gasteiger partial charge in [-0.15, -0.1) is 0 Å². The third-order valence-corrected chi connectivity index (χ3v) is 4.84. The number of hydrogen-bond donors (Lipinski definition) is 1. The van der Waals surface area contributed by atoms with Crippen LogP contribution in [0.4, 0.5) is 0 Å². The molecule has 0 amide bonds. The number of benzene rings is 1. The Bertz CT molecular complexity index is 538. The fourth-order valence-corrected chi connectivity index (χ4v) is 2.53. The lowest BCUT2D eigenvalue weighted by atomic mass is 10.1. The number of ether oxygens (including phenoxy) is 1. The molecule has 1 aromatic rings. The van der Waals surface area contributed by atoms with Gasteiger partial charge in [0.15, 0.2) is 9.84 Å². The maximum atomic E-state index is 11.5. The minimum absolute atomic E-state index is 0.0657. The predicted molar refractivity (Wildman–Crippen MR) is 87.5 cm³/mol. The third-order valence-electron chi connectivity index (χ3n) is 3.18. The maximum absolute atomic E-state index is 11.5. The Kier molecular flexibility index (Phi) is 7.18. The summed E-state index contributed by atoms with van der Waals surface area (Å²) in [5, 5.41) is 3.39. The molecule has 0 spiro atoms. The average molecular weight is 313 g/mol. The first-order valence-corrected chi connectivity index (χ1v) is 9.29. The van der Waals surface area contributed by atoms with E-state index >= 15 is 0 Å². The molecule has 4 nitrogen and oxygen atoms in total. The second kappa shape index (κ2) is 8.39. The van der Waals surface area contributed by atoms with E-state index in [0.29, 0.717) is 5.92 Å². The van der Waals surface area contributed by atoms with E-state index < -0.39 is 9.84 Å². The van der Waals surface area contributed by atoms with Crippen LogP contribution in [0.15, 0.2) is 18.2 Å². The van der Waals surface area contributed by atoms with Crippen molar-refractivity contribution in [1.29, 1.82) is 0 Å². The Morgan fingerprint density at radius 3 is 2.62 bits per heavy atom. The molecule has 0 saturated carbocycles. The fourth-order valence-electron chi connectivity index (χ4n) is 1.91. The molecule has 0 unspecified atom stereocenters. The van der Waals surface area contributed by atoms with Gasteiger partial charge < -0.3 is 10.1 Å². The SMILES string of the molecule is CCS(=O)(=O)CCOc1ccc(C)cc1CNCC(C)C. The van der Waals surface area contributed by atoms with Gasteiger partial charge >= 0.3 is 0 Å². The van der Waals surface area contributed by atoms with Crippen LogP contribution in [0.3, 0.4) is 0 Å². The summed E-state index contributed by atoms with van der Waals surface area (Å²) in [5.74, 6) is 1.58. The molecule has 0 aliphatic rings. The highest BCUT2D eigenvalue weighted by Gasteiger charge is 2.09. The van der Waals surface area contributed by atoms with Crippen molar-refractivity contribution < 1.29 is 13.2 Å². The van der Waals surface area contributed by atoms with Gasteiger partial charge in [-0.3, -0.25) is 0 Å². The summed E-state index contributed by atoms with van der Waals surface area (Å²) in [7, 11) is -2.98. The summed E-state index contributed by atoms with van der Waals surface area (Å²) < 4.78 is 28.6. The average Bonchev–Trinajstić information content (AvgIpc) is 2.40. The van der Waals surface area contributed by atoms with E-state index in [1.807, 2.05) is 19.1 Å². The van der Waals surface area contributed by atoms with Gasteiger partial charge in [0.05, 0.1) is 5.75 Å². The smallest absolute Gasteiger partial charge is 0.153 e. The minimum Gasteiger partial charge on any atom is -0.492 e. The molecule has 1 aromatic carbocycles. The zero-order valence-electron chi connectivity index (χ0n) is 13.5. The summed E-state index contributed by atoms with van der Waals surface area (Å²) in [6.07, 6.45) is 0. The molecule has 1 rings (SSSR count). The van der Waals surface area contributed by atoms with Crippen molar-refractivity contribution in [3.8, 4) is 5.75 Å². The van der Waals surface area contributed by atoms with Crippen LogP contribution in [0.2, 0.25) is 0 Å². The molecule has 0 heterocycles. The van der Waals surface area contributed by atoms with Gasteiger partial charge in [0, 0.05) is 17.9 Å². The van der Waals surface area contributed by atoms with Crippen LogP contribution in [-0.4, -0.2) is 33.1 Å². The van der Waals surface area contributed by atoms with Crippen LogP contribution in [0, 0.1) is 12.8 Å². The summed E-state index contributed by atoms with van der Waals surface area (Å²) in [6.45, 7) is 9.90. The van der Waals surface area contributed by atoms with Crippen molar-refractivity contribution in [2.24, 2.45) is 5.92 Å². The lowest BCUT2D eigenvalue weighted by molar-refractivity contribution is 0.335. The van der Waals surface area contributed by atoms with E-state index in [-0.39, 0.29) is 18.1 Å². The van der Waals surface area contributed by atoms with Gasteiger partial charge in [-0.05, 0) is 25.5 Å². The van der Waals surface area contributed by atoms with Crippen molar-refractivity contribution in [2.75, 3.05) is 24.7 Å². The lowest BCUT2D eigenvalue weighted by Crippen LogP contribution is -2.20. The molecule has 0 bridgehead atoms. The van der Waals surface area contributed by atoms with Crippen LogP contribution < -0.4 is 10.1 Å². The summed E-state index contributed by atoms with van der Waals surface area (Å²) in [5.41, 5.74) is 2.24. The molecule has 0 aromatic heterocycles. The van der Waals surface area contributed by atoms with Gasteiger partial charge in [0.1, 0.15) is 12.4 Å². The molecule has 0 atom stereocenters. The van der Waals surface area contributed by atoms with E-state index in [1.54, 1.807) is 6.92 Å². The molecule has 1 N–H and O–H groups in total. The van der Waals surface area contributed by atoms with Gasteiger partial charge in [-0.25, -0.2) is 8.42 Å². The summed E-state index contributed by atoms with van der Waals surface area (Å²) in [4.78, 5) is 0. The van der Waals surface area contributed by atoms with E-state index in [1.165, 1.54) is 5.56 Å². The van der Waals surface area contributed by atoms with Gasteiger partial charge in [0.2, 0.25) is 0 Å². The molecule has 5 heteroatoms. The second-order valence-electron chi connectivity index (χ2n) is 5.72. The highest BCUT2D eigenvalue weighted by atomic mass is 32.2. The Morgan fingerprint density at radius 2 is 2.00 bits per heavy atom. The van der Waals surface area contributed by atoms with Crippen molar-refractivity contribution >= 4 is 9.84 Å². The number of hydrogen-bond acceptors (Lipinski definition) is 4. The van der Waals surface area contributed by atoms with Crippen molar-refractivity contribution in [3.63, 3.8) is 0 Å². The molecule has 0 aliphatic heterocycles. The zero-order chi connectivity index (χ0) is 15.9. The molecule has 0 saturated heterocycles. The monoisotopic (exact) mass is 313 g/mol. The summed E-state index contributed by atoms with van der Waals surface area (Å²) in [6, 6.07) is 5.98. The highest BCUT2D eigenvalue weighted by Crippen LogP contribution is 2.20. The van der Waals surface area contributed by atoms with Crippen LogP contribution in [0.1, 0.15) is 31.9 Å². The number of sulfone groups is 1. The molecule has 0 radical (unpaired) electrons. The first-order valence-electron chi connectivity index (χ1n) is 7.47. The third kappa shape index (κ3) is 6.96. The minimum atomic E-state index is -2.98. The fraction of sp³-hybridized carbons (Fsp3) is 0.625. The van der Waals surface area contributed by atoms with Gasteiger partial charge in [-0.1, -0.05) is 38.5 Å². The number of aryl methyl sites for hydroxylation is 1. The second-order valence-corrected chi connectivity index (χ2v) is 8.19. The zero-order valence-corrected chi connectivity index (χ0v) is 14.3. The van der Waals surface area contributed by atoms with E-state index in [0.717, 1.165) is 24.4 Å². The first-order chi connectivity index (χ1) is 9.84. The topological polar surface area (TPSA) is 55.4 Å². The molecule has 0 fully saturated rings. The van der Waals surface area contributed by atoms with Crippen molar-refractivity contribution in [3.05, 3.63) is 29.3 Å². The Balaban J connectivity index is 2.64. The normalized spacial score (nSPS) is 11.9. The molecular formula is C16H27NO3S. The Hall–Kier alpha value is -1.07. The highest BCUT2D eigenvalue weighted by molar-refractivity contribution is 7.91. The number of nitrogens with one attached hydrogen (secondary N) is 1. The van der Waals surface area contributed by atoms with E-state index in [2.05, 4.69) is 25.2 Å². The van der Waals surface area contributed by atoms with Crippen LogP contribution in [0.25, 0.3) is 0 Å². The van der Waals surface area contributed by atoms with Crippen molar-refractivity contribution in [2.45, 2.75) is 34.2 Å². The van der Waals surface area contributed by atoms with Gasteiger partial charge in [-0.2, -0.15) is 0 Å². The van der Waals surface area contributed by atoms with E-state index in [9.17, 15) is 8.42 Å². The quantitative estimate of drug-likeness (QED) is 0.761. The van der Waals surface area contributed by atoms with Crippen LogP contribution in [0.5, 0.6) is 5.75 Å². The standard InChI is InChI=1S/C16H27NO3S/c1-5-21(18,19)9-8-20-16-7-6-14(4)10-15(16)12-17-11-13(2)3/h6-7,10,13,17H,5,8-9,11-12H2,1-4H3. The Morgan fingerprint density at radius 1 is 1.29 bits per heavy atom. The largest absolute Gasteiger partial charge is 0.492 e. The molecule has 0 aliphatic carbocycles. The molecule has 120 valence electrons. The van der Waals surface area contributed by atoms with Crippen LogP contribution in [-0.2, 0) is 16.4 Å². The predicted octanol–water partition coefficient (Wildman–Crippen LogP) is 2.55.